The van der Waals surface area contributed by atoms with Gasteiger partial charge < -0.3 is 15.4 Å². The smallest absolute Gasteiger partial charge is 0.224 e. The third-order valence-electron chi connectivity index (χ3n) is 3.30. The highest BCUT2D eigenvalue weighted by Crippen LogP contribution is 2.19. The van der Waals surface area contributed by atoms with Crippen LogP contribution in [0.3, 0.4) is 0 Å². The fraction of sp³-hybridized carbons (Fsp3) is 0.714. The minimum Gasteiger partial charge on any atom is -0.376 e. The molecule has 19 heavy (non-hydrogen) atoms. The zero-order chi connectivity index (χ0) is 13.3. The molecule has 1 fully saturated rings. The van der Waals surface area contributed by atoms with Gasteiger partial charge in [-0.25, -0.2) is 4.98 Å². The minimum atomic E-state index is 0.471. The fourth-order valence-electron chi connectivity index (χ4n) is 2.34. The number of aromatic nitrogens is 2. The lowest BCUT2D eigenvalue weighted by molar-refractivity contribution is 0.0347. The average Bonchev–Trinajstić information content (AvgIpc) is 2.46. The molecule has 1 aromatic rings. The molecule has 0 saturated heterocycles. The van der Waals surface area contributed by atoms with E-state index in [1.165, 1.54) is 32.1 Å². The first-order chi connectivity index (χ1) is 9.38. The van der Waals surface area contributed by atoms with Gasteiger partial charge in [-0.05, 0) is 25.8 Å². The SMILES string of the molecule is CCNc1nccc(NCCOC2CCCCC2)n1. The van der Waals surface area contributed by atoms with Crippen LogP contribution in [0, 0.1) is 0 Å². The Bertz CT molecular complexity index is 366. The molecule has 2 rings (SSSR count). The maximum atomic E-state index is 5.86. The van der Waals surface area contributed by atoms with Crippen molar-refractivity contribution in [3.63, 3.8) is 0 Å². The van der Waals surface area contributed by atoms with Crippen LogP contribution in [-0.4, -0.2) is 35.8 Å². The van der Waals surface area contributed by atoms with Gasteiger partial charge in [0.1, 0.15) is 5.82 Å². The van der Waals surface area contributed by atoms with Gasteiger partial charge >= 0.3 is 0 Å². The van der Waals surface area contributed by atoms with Crippen molar-refractivity contribution in [2.24, 2.45) is 0 Å². The van der Waals surface area contributed by atoms with Gasteiger partial charge in [-0.1, -0.05) is 19.3 Å². The van der Waals surface area contributed by atoms with Crippen LogP contribution in [-0.2, 0) is 4.74 Å². The summed E-state index contributed by atoms with van der Waals surface area (Å²) < 4.78 is 5.86. The van der Waals surface area contributed by atoms with Crippen LogP contribution in [0.1, 0.15) is 39.0 Å². The molecule has 0 spiro atoms. The van der Waals surface area contributed by atoms with Gasteiger partial charge in [0, 0.05) is 19.3 Å². The van der Waals surface area contributed by atoms with Crippen LogP contribution in [0.25, 0.3) is 0 Å². The van der Waals surface area contributed by atoms with E-state index in [9.17, 15) is 0 Å². The molecule has 0 amide bonds. The summed E-state index contributed by atoms with van der Waals surface area (Å²) >= 11 is 0. The third kappa shape index (κ3) is 5.03. The second-order valence-electron chi connectivity index (χ2n) is 4.85. The van der Waals surface area contributed by atoms with E-state index < -0.39 is 0 Å². The molecular formula is C14H24N4O. The second-order valence-corrected chi connectivity index (χ2v) is 4.85. The highest BCUT2D eigenvalue weighted by atomic mass is 16.5. The molecule has 0 atom stereocenters. The van der Waals surface area contributed by atoms with E-state index >= 15 is 0 Å². The standard InChI is InChI=1S/C14H24N4O/c1-2-15-14-17-9-8-13(18-14)16-10-11-19-12-6-4-3-5-7-12/h8-9,12H,2-7,10-11H2,1H3,(H2,15,16,17,18). The van der Waals surface area contributed by atoms with Crippen LogP contribution in [0.15, 0.2) is 12.3 Å². The lowest BCUT2D eigenvalue weighted by atomic mass is 9.98. The van der Waals surface area contributed by atoms with Gasteiger partial charge in [-0.3, -0.25) is 0 Å². The molecule has 0 aliphatic heterocycles. The number of nitrogens with zero attached hydrogens (tertiary/aromatic N) is 2. The van der Waals surface area contributed by atoms with Crippen LogP contribution in [0.2, 0.25) is 0 Å². The van der Waals surface area contributed by atoms with E-state index in [1.807, 2.05) is 13.0 Å². The number of hydrogen-bond acceptors (Lipinski definition) is 5. The van der Waals surface area contributed by atoms with Gasteiger partial charge in [0.2, 0.25) is 5.95 Å². The molecule has 1 aliphatic carbocycles. The maximum absolute atomic E-state index is 5.86. The Morgan fingerprint density at radius 2 is 2.11 bits per heavy atom. The molecule has 1 aliphatic rings. The summed E-state index contributed by atoms with van der Waals surface area (Å²) in [6.45, 7) is 4.39. The van der Waals surface area contributed by atoms with Crippen molar-refractivity contribution in [1.82, 2.24) is 9.97 Å². The molecule has 5 heteroatoms. The average molecular weight is 264 g/mol. The predicted molar refractivity (Wildman–Crippen MR) is 77.5 cm³/mol. The van der Waals surface area contributed by atoms with Crippen molar-refractivity contribution >= 4 is 11.8 Å². The molecule has 1 heterocycles. The lowest BCUT2D eigenvalue weighted by Gasteiger charge is -2.22. The molecule has 0 bridgehead atoms. The maximum Gasteiger partial charge on any atom is 0.224 e. The summed E-state index contributed by atoms with van der Waals surface area (Å²) in [6, 6.07) is 1.88. The molecule has 1 aromatic heterocycles. The number of nitrogens with one attached hydrogen (secondary N) is 2. The topological polar surface area (TPSA) is 59.1 Å². The first kappa shape index (κ1) is 14.1. The van der Waals surface area contributed by atoms with Crippen molar-refractivity contribution in [3.05, 3.63) is 12.3 Å². The molecule has 1 saturated carbocycles. The molecule has 0 radical (unpaired) electrons. The molecule has 0 unspecified atom stereocenters. The zero-order valence-electron chi connectivity index (χ0n) is 11.7. The van der Waals surface area contributed by atoms with Gasteiger partial charge in [-0.2, -0.15) is 4.98 Å². The lowest BCUT2D eigenvalue weighted by Crippen LogP contribution is -2.20. The minimum absolute atomic E-state index is 0.471. The quantitative estimate of drug-likeness (QED) is 0.741. The monoisotopic (exact) mass is 264 g/mol. The van der Waals surface area contributed by atoms with Crippen molar-refractivity contribution in [3.8, 4) is 0 Å². The Hall–Kier alpha value is -1.36. The Balaban J connectivity index is 1.65. The number of rotatable bonds is 7. The van der Waals surface area contributed by atoms with E-state index in [0.29, 0.717) is 12.1 Å². The van der Waals surface area contributed by atoms with Crippen molar-refractivity contribution in [2.45, 2.75) is 45.1 Å². The van der Waals surface area contributed by atoms with Gasteiger partial charge in [0.25, 0.3) is 0 Å². The Kier molecular flexibility index (Phi) is 5.88. The molecular weight excluding hydrogens is 240 g/mol. The Morgan fingerprint density at radius 3 is 2.89 bits per heavy atom. The van der Waals surface area contributed by atoms with E-state index in [1.54, 1.807) is 6.20 Å². The van der Waals surface area contributed by atoms with Crippen LogP contribution in [0.4, 0.5) is 11.8 Å². The molecule has 0 aromatic carbocycles. The van der Waals surface area contributed by atoms with Crippen molar-refractivity contribution < 1.29 is 4.74 Å². The Labute approximate surface area is 115 Å². The van der Waals surface area contributed by atoms with Crippen molar-refractivity contribution in [2.75, 3.05) is 30.3 Å². The third-order valence-corrected chi connectivity index (χ3v) is 3.30. The first-order valence-corrected chi connectivity index (χ1v) is 7.31. The van der Waals surface area contributed by atoms with Gasteiger partial charge in [-0.15, -0.1) is 0 Å². The van der Waals surface area contributed by atoms with E-state index in [2.05, 4.69) is 20.6 Å². The van der Waals surface area contributed by atoms with Crippen LogP contribution < -0.4 is 10.6 Å². The largest absolute Gasteiger partial charge is 0.376 e. The predicted octanol–water partition coefficient (Wildman–Crippen LogP) is 2.67. The van der Waals surface area contributed by atoms with Crippen molar-refractivity contribution in [1.29, 1.82) is 0 Å². The first-order valence-electron chi connectivity index (χ1n) is 7.31. The normalized spacial score (nSPS) is 16.3. The highest BCUT2D eigenvalue weighted by molar-refractivity contribution is 5.39. The summed E-state index contributed by atoms with van der Waals surface area (Å²) in [4.78, 5) is 8.50. The zero-order valence-corrected chi connectivity index (χ0v) is 11.7. The molecule has 106 valence electrons. The summed E-state index contributed by atoms with van der Waals surface area (Å²) in [5, 5.41) is 6.36. The second kappa shape index (κ2) is 7.94. The van der Waals surface area contributed by atoms with E-state index in [4.69, 9.17) is 4.74 Å². The molecule has 2 N–H and O–H groups in total. The number of hydrogen-bond donors (Lipinski definition) is 2. The summed E-state index contributed by atoms with van der Waals surface area (Å²) in [7, 11) is 0. The van der Waals surface area contributed by atoms with Gasteiger partial charge in [0.15, 0.2) is 0 Å². The summed E-state index contributed by atoms with van der Waals surface area (Å²) in [5.41, 5.74) is 0. The summed E-state index contributed by atoms with van der Waals surface area (Å²) in [6.07, 6.45) is 8.67. The van der Waals surface area contributed by atoms with Crippen LogP contribution in [0.5, 0.6) is 0 Å². The summed E-state index contributed by atoms with van der Waals surface area (Å²) in [5.74, 6) is 1.51. The van der Waals surface area contributed by atoms with E-state index in [-0.39, 0.29) is 0 Å². The fourth-order valence-corrected chi connectivity index (χ4v) is 2.34. The van der Waals surface area contributed by atoms with E-state index in [0.717, 1.165) is 25.5 Å². The molecule has 5 nitrogen and oxygen atoms in total. The number of anilines is 2. The Morgan fingerprint density at radius 1 is 1.26 bits per heavy atom. The van der Waals surface area contributed by atoms with Gasteiger partial charge in [0.05, 0.1) is 12.7 Å². The number of ether oxygens (including phenoxy) is 1. The van der Waals surface area contributed by atoms with Crippen LogP contribution >= 0.6 is 0 Å². The highest BCUT2D eigenvalue weighted by Gasteiger charge is 2.12.